The summed E-state index contributed by atoms with van der Waals surface area (Å²) in [6, 6.07) is 3.39. The molecule has 0 aliphatic heterocycles. The molecule has 0 atom stereocenters. The average molecular weight is 300 g/mol. The first-order chi connectivity index (χ1) is 9.43. The predicted octanol–water partition coefficient (Wildman–Crippen LogP) is 3.29. The second-order valence-electron chi connectivity index (χ2n) is 4.71. The van der Waals surface area contributed by atoms with Gasteiger partial charge in [-0.05, 0) is 42.1 Å². The molecule has 0 unspecified atom stereocenters. The Labute approximate surface area is 117 Å². The molecular formula is C12H11F3N4S. The molecule has 3 rings (SSSR count). The van der Waals surface area contributed by atoms with Crippen molar-refractivity contribution in [2.45, 2.75) is 24.6 Å². The molecule has 106 valence electrons. The molecular weight excluding hydrogens is 289 g/mol. The lowest BCUT2D eigenvalue weighted by atomic mass is 10.1. The van der Waals surface area contributed by atoms with Gasteiger partial charge in [-0.25, -0.2) is 0 Å². The smallest absolute Gasteiger partial charge is 0.382 e. The first kappa shape index (κ1) is 13.2. The van der Waals surface area contributed by atoms with E-state index in [4.69, 9.17) is 5.73 Å². The summed E-state index contributed by atoms with van der Waals surface area (Å²) in [6.45, 7) is 0. The summed E-state index contributed by atoms with van der Waals surface area (Å²) >= 11 is 0.947. The standard InChI is InChI=1S/C12H11F3N4S/c13-12(14,15)11(3-4-11)18-10-8(9(16)19-20-10)7-1-5-17-6-2-7/h1-2,5-6,18H,3-4H2,(H2,16,19). The normalized spacial score (nSPS) is 16.9. The monoisotopic (exact) mass is 300 g/mol. The van der Waals surface area contributed by atoms with Gasteiger partial charge in [-0.2, -0.15) is 17.5 Å². The van der Waals surface area contributed by atoms with Crippen LogP contribution >= 0.6 is 11.5 Å². The van der Waals surface area contributed by atoms with E-state index >= 15 is 0 Å². The van der Waals surface area contributed by atoms with Gasteiger partial charge in [0.25, 0.3) is 0 Å². The van der Waals surface area contributed by atoms with Gasteiger partial charge in [0.15, 0.2) is 0 Å². The molecule has 3 N–H and O–H groups in total. The summed E-state index contributed by atoms with van der Waals surface area (Å²) in [5.74, 6) is 0.224. The van der Waals surface area contributed by atoms with Gasteiger partial charge in [-0.1, -0.05) is 0 Å². The lowest BCUT2D eigenvalue weighted by Gasteiger charge is -2.21. The third-order valence-corrected chi connectivity index (χ3v) is 4.11. The number of pyridine rings is 1. The number of halogens is 3. The van der Waals surface area contributed by atoms with Crippen LogP contribution in [0.4, 0.5) is 24.0 Å². The number of nitrogens with two attached hydrogens (primary N) is 1. The third kappa shape index (κ3) is 2.09. The van der Waals surface area contributed by atoms with Crippen molar-refractivity contribution in [3.63, 3.8) is 0 Å². The van der Waals surface area contributed by atoms with E-state index in [0.717, 1.165) is 11.5 Å². The van der Waals surface area contributed by atoms with Crippen molar-refractivity contribution in [3.8, 4) is 11.1 Å². The van der Waals surface area contributed by atoms with Crippen molar-refractivity contribution >= 4 is 22.4 Å². The molecule has 1 aliphatic carbocycles. The quantitative estimate of drug-likeness (QED) is 0.913. The Morgan fingerprint density at radius 1 is 1.25 bits per heavy atom. The molecule has 4 nitrogen and oxygen atoms in total. The maximum atomic E-state index is 13.0. The van der Waals surface area contributed by atoms with Gasteiger partial charge < -0.3 is 11.1 Å². The predicted molar refractivity (Wildman–Crippen MR) is 71.4 cm³/mol. The first-order valence-corrected chi connectivity index (χ1v) is 6.71. The number of nitrogens with one attached hydrogen (secondary N) is 1. The minimum atomic E-state index is -4.28. The Morgan fingerprint density at radius 3 is 2.45 bits per heavy atom. The third-order valence-electron chi connectivity index (χ3n) is 3.33. The van der Waals surface area contributed by atoms with Crippen molar-refractivity contribution < 1.29 is 13.2 Å². The van der Waals surface area contributed by atoms with Gasteiger partial charge in [0.1, 0.15) is 16.4 Å². The molecule has 0 amide bonds. The number of alkyl halides is 3. The zero-order valence-corrected chi connectivity index (χ0v) is 11.1. The Kier molecular flexibility index (Phi) is 2.86. The fraction of sp³-hybridized carbons (Fsp3) is 0.333. The summed E-state index contributed by atoms with van der Waals surface area (Å²) < 4.78 is 43.0. The van der Waals surface area contributed by atoms with Crippen LogP contribution in [0, 0.1) is 0 Å². The second-order valence-corrected chi connectivity index (χ2v) is 5.49. The van der Waals surface area contributed by atoms with E-state index in [-0.39, 0.29) is 18.7 Å². The molecule has 2 heterocycles. The number of nitrogen functional groups attached to an aromatic ring is 1. The van der Waals surface area contributed by atoms with Crippen LogP contribution < -0.4 is 11.1 Å². The van der Waals surface area contributed by atoms with Crippen LogP contribution in [-0.4, -0.2) is 21.1 Å². The Morgan fingerprint density at radius 2 is 1.90 bits per heavy atom. The van der Waals surface area contributed by atoms with Gasteiger partial charge in [0.2, 0.25) is 0 Å². The van der Waals surface area contributed by atoms with Crippen LogP contribution in [0.2, 0.25) is 0 Å². The Balaban J connectivity index is 1.97. The molecule has 0 radical (unpaired) electrons. The second kappa shape index (κ2) is 4.34. The van der Waals surface area contributed by atoms with E-state index in [9.17, 15) is 13.2 Å². The minimum Gasteiger partial charge on any atom is -0.382 e. The number of nitrogens with zero attached hydrogens (tertiary/aromatic N) is 2. The summed E-state index contributed by atoms with van der Waals surface area (Å²) in [4.78, 5) is 3.88. The number of hydrogen-bond acceptors (Lipinski definition) is 5. The van der Waals surface area contributed by atoms with Crippen molar-refractivity contribution in [3.05, 3.63) is 24.5 Å². The molecule has 1 aliphatic rings. The SMILES string of the molecule is Nc1nsc(NC2(C(F)(F)F)CC2)c1-c1ccncc1. The highest BCUT2D eigenvalue weighted by molar-refractivity contribution is 7.11. The summed E-state index contributed by atoms with van der Waals surface area (Å²) in [5, 5.41) is 2.94. The molecule has 2 aromatic rings. The number of anilines is 2. The van der Waals surface area contributed by atoms with Gasteiger partial charge in [-0.3, -0.25) is 4.98 Å². The lowest BCUT2D eigenvalue weighted by Crippen LogP contribution is -2.38. The molecule has 2 aromatic heterocycles. The van der Waals surface area contributed by atoms with Crippen LogP contribution in [0.25, 0.3) is 11.1 Å². The zero-order valence-electron chi connectivity index (χ0n) is 10.2. The van der Waals surface area contributed by atoms with E-state index in [0.29, 0.717) is 16.1 Å². The molecule has 0 spiro atoms. The summed E-state index contributed by atoms with van der Waals surface area (Å²) in [7, 11) is 0. The molecule has 0 saturated heterocycles. The highest BCUT2D eigenvalue weighted by atomic mass is 32.1. The number of aromatic nitrogens is 2. The van der Waals surface area contributed by atoms with Crippen LogP contribution in [0.15, 0.2) is 24.5 Å². The molecule has 0 aromatic carbocycles. The fourth-order valence-corrected chi connectivity index (χ4v) is 2.84. The lowest BCUT2D eigenvalue weighted by molar-refractivity contribution is -0.150. The van der Waals surface area contributed by atoms with Gasteiger partial charge in [-0.15, -0.1) is 0 Å². The van der Waals surface area contributed by atoms with E-state index in [1.54, 1.807) is 24.5 Å². The van der Waals surface area contributed by atoms with E-state index in [1.807, 2.05) is 0 Å². The highest BCUT2D eigenvalue weighted by Crippen LogP contribution is 2.53. The average Bonchev–Trinajstić information content (AvgIpc) is 3.10. The maximum absolute atomic E-state index is 13.0. The van der Waals surface area contributed by atoms with Crippen molar-refractivity contribution in [1.82, 2.24) is 9.36 Å². The Hall–Kier alpha value is -1.83. The minimum absolute atomic E-state index is 0.0735. The summed E-state index contributed by atoms with van der Waals surface area (Å²) in [6.07, 6.45) is -1.00. The molecule has 20 heavy (non-hydrogen) atoms. The first-order valence-electron chi connectivity index (χ1n) is 5.93. The van der Waals surface area contributed by atoms with Crippen LogP contribution in [0.1, 0.15) is 12.8 Å². The van der Waals surface area contributed by atoms with E-state index in [2.05, 4.69) is 14.7 Å². The maximum Gasteiger partial charge on any atom is 0.411 e. The highest BCUT2D eigenvalue weighted by Gasteiger charge is 2.63. The van der Waals surface area contributed by atoms with Gasteiger partial charge in [0.05, 0.1) is 5.56 Å². The van der Waals surface area contributed by atoms with Gasteiger partial charge >= 0.3 is 6.18 Å². The van der Waals surface area contributed by atoms with Crippen molar-refractivity contribution in [1.29, 1.82) is 0 Å². The molecule has 1 saturated carbocycles. The molecule has 0 bridgehead atoms. The summed E-state index contributed by atoms with van der Waals surface area (Å²) in [5.41, 5.74) is 5.16. The van der Waals surface area contributed by atoms with Crippen LogP contribution in [-0.2, 0) is 0 Å². The largest absolute Gasteiger partial charge is 0.411 e. The van der Waals surface area contributed by atoms with Crippen molar-refractivity contribution in [2.75, 3.05) is 11.1 Å². The van der Waals surface area contributed by atoms with Gasteiger partial charge in [0, 0.05) is 12.4 Å². The topological polar surface area (TPSA) is 63.8 Å². The zero-order chi connectivity index (χ0) is 14.4. The van der Waals surface area contributed by atoms with Crippen LogP contribution in [0.5, 0.6) is 0 Å². The van der Waals surface area contributed by atoms with E-state index in [1.165, 1.54) is 0 Å². The number of hydrogen-bond donors (Lipinski definition) is 2. The van der Waals surface area contributed by atoms with E-state index < -0.39 is 11.7 Å². The Bertz CT molecular complexity index is 619. The van der Waals surface area contributed by atoms with Crippen molar-refractivity contribution in [2.24, 2.45) is 0 Å². The fourth-order valence-electron chi connectivity index (χ4n) is 2.01. The number of rotatable bonds is 3. The molecule has 1 fully saturated rings. The van der Waals surface area contributed by atoms with Crippen LogP contribution in [0.3, 0.4) is 0 Å². The molecule has 8 heteroatoms.